The third kappa shape index (κ3) is 5.33. The Morgan fingerprint density at radius 1 is 1.44 bits per heavy atom. The van der Waals surface area contributed by atoms with E-state index in [0.717, 1.165) is 23.1 Å². The van der Waals surface area contributed by atoms with Crippen LogP contribution >= 0.6 is 15.9 Å². The summed E-state index contributed by atoms with van der Waals surface area (Å²) in [5.41, 5.74) is 1.05. The number of ether oxygens (including phenoxy) is 2. The fraction of sp³-hybridized carbons (Fsp3) is 0.615. The second kappa shape index (κ2) is 8.45. The van der Waals surface area contributed by atoms with Crippen LogP contribution in [0, 0.1) is 0 Å². The molecule has 0 aliphatic rings. The van der Waals surface area contributed by atoms with Crippen LogP contribution in [0.15, 0.2) is 16.7 Å². The van der Waals surface area contributed by atoms with Crippen molar-refractivity contribution in [2.24, 2.45) is 0 Å². The molecule has 18 heavy (non-hydrogen) atoms. The van der Waals surface area contributed by atoms with Crippen LogP contribution in [0.1, 0.15) is 26.3 Å². The summed E-state index contributed by atoms with van der Waals surface area (Å²) in [6, 6.07) is 2.03. The molecule has 0 radical (unpaired) electrons. The molecule has 1 heterocycles. The molecule has 0 spiro atoms. The van der Waals surface area contributed by atoms with Gasteiger partial charge in [-0.2, -0.15) is 0 Å². The molecular formula is C13H21BrN2O2. The molecule has 1 atom stereocenters. The quantitative estimate of drug-likeness (QED) is 0.801. The molecule has 0 bridgehead atoms. The second-order valence-corrected chi connectivity index (χ2v) is 4.90. The molecule has 0 saturated heterocycles. The number of rotatable bonds is 8. The highest BCUT2D eigenvalue weighted by Crippen LogP contribution is 2.21. The highest BCUT2D eigenvalue weighted by Gasteiger charge is 2.10. The van der Waals surface area contributed by atoms with Gasteiger partial charge in [-0.05, 0) is 42.4 Å². The molecule has 1 aromatic heterocycles. The van der Waals surface area contributed by atoms with Crippen LogP contribution in [0.4, 0.5) is 0 Å². The largest absolute Gasteiger partial charge is 0.472 e. The molecule has 102 valence electrons. The minimum Gasteiger partial charge on any atom is -0.472 e. The van der Waals surface area contributed by atoms with Crippen molar-refractivity contribution >= 4 is 15.9 Å². The monoisotopic (exact) mass is 316 g/mol. The number of hydrogen-bond acceptors (Lipinski definition) is 4. The number of pyridine rings is 1. The van der Waals surface area contributed by atoms with E-state index < -0.39 is 0 Å². The molecule has 1 unspecified atom stereocenters. The molecule has 0 aliphatic carbocycles. The van der Waals surface area contributed by atoms with E-state index >= 15 is 0 Å². The van der Waals surface area contributed by atoms with Crippen LogP contribution < -0.4 is 10.1 Å². The van der Waals surface area contributed by atoms with Crippen molar-refractivity contribution < 1.29 is 9.47 Å². The fourth-order valence-corrected chi connectivity index (χ4v) is 1.85. The summed E-state index contributed by atoms with van der Waals surface area (Å²) in [7, 11) is 0. The number of aromatic nitrogens is 1. The van der Waals surface area contributed by atoms with Crippen LogP contribution in [-0.2, 0) is 11.3 Å². The standard InChI is InChI=1S/C13H21BrN2O2/c1-4-15-7-11-6-12(14)8-16-13(11)18-10(3)9-17-5-2/h6,8,10,15H,4-5,7,9H2,1-3H3. The Morgan fingerprint density at radius 3 is 2.89 bits per heavy atom. The van der Waals surface area contributed by atoms with Gasteiger partial charge in [0.1, 0.15) is 6.10 Å². The molecule has 0 aromatic carbocycles. The molecule has 1 aromatic rings. The van der Waals surface area contributed by atoms with Crippen LogP contribution in [-0.4, -0.2) is 30.8 Å². The van der Waals surface area contributed by atoms with Crippen molar-refractivity contribution in [2.45, 2.75) is 33.4 Å². The molecular weight excluding hydrogens is 296 g/mol. The Kier molecular flexibility index (Phi) is 7.23. The van der Waals surface area contributed by atoms with Crippen LogP contribution in [0.5, 0.6) is 5.88 Å². The number of halogens is 1. The van der Waals surface area contributed by atoms with Crippen molar-refractivity contribution in [1.82, 2.24) is 10.3 Å². The first-order chi connectivity index (χ1) is 8.67. The van der Waals surface area contributed by atoms with Crippen molar-refractivity contribution in [1.29, 1.82) is 0 Å². The lowest BCUT2D eigenvalue weighted by Crippen LogP contribution is -2.21. The van der Waals surface area contributed by atoms with Gasteiger partial charge in [0.25, 0.3) is 0 Å². The van der Waals surface area contributed by atoms with Gasteiger partial charge in [0.05, 0.1) is 6.61 Å². The molecule has 1 N–H and O–H groups in total. The number of nitrogens with zero attached hydrogens (tertiary/aromatic N) is 1. The predicted octanol–water partition coefficient (Wildman–Crippen LogP) is 2.76. The van der Waals surface area contributed by atoms with Gasteiger partial charge in [0.2, 0.25) is 5.88 Å². The molecule has 0 saturated carbocycles. The third-order valence-corrected chi connectivity index (χ3v) is 2.76. The lowest BCUT2D eigenvalue weighted by atomic mass is 10.2. The zero-order chi connectivity index (χ0) is 13.4. The van der Waals surface area contributed by atoms with Gasteiger partial charge >= 0.3 is 0 Å². The zero-order valence-corrected chi connectivity index (χ0v) is 12.8. The maximum atomic E-state index is 5.80. The highest BCUT2D eigenvalue weighted by molar-refractivity contribution is 9.10. The first-order valence-electron chi connectivity index (χ1n) is 6.26. The van der Waals surface area contributed by atoms with Crippen molar-refractivity contribution in [3.8, 4) is 5.88 Å². The van der Waals surface area contributed by atoms with Crippen molar-refractivity contribution in [2.75, 3.05) is 19.8 Å². The summed E-state index contributed by atoms with van der Waals surface area (Å²) in [5, 5.41) is 3.28. The molecule has 1 rings (SSSR count). The van der Waals surface area contributed by atoms with Crippen LogP contribution in [0.25, 0.3) is 0 Å². The third-order valence-electron chi connectivity index (χ3n) is 2.33. The Labute approximate surface area is 117 Å². The highest BCUT2D eigenvalue weighted by atomic mass is 79.9. The molecule has 0 amide bonds. The lowest BCUT2D eigenvalue weighted by molar-refractivity contribution is 0.0627. The van der Waals surface area contributed by atoms with Gasteiger partial charge in [0.15, 0.2) is 0 Å². The van der Waals surface area contributed by atoms with E-state index in [1.54, 1.807) is 6.20 Å². The average molecular weight is 317 g/mol. The lowest BCUT2D eigenvalue weighted by Gasteiger charge is -2.16. The summed E-state index contributed by atoms with van der Waals surface area (Å²) in [4.78, 5) is 4.31. The zero-order valence-electron chi connectivity index (χ0n) is 11.2. The van der Waals surface area contributed by atoms with E-state index in [2.05, 4.69) is 33.2 Å². The van der Waals surface area contributed by atoms with E-state index in [0.29, 0.717) is 19.1 Å². The van der Waals surface area contributed by atoms with E-state index in [9.17, 15) is 0 Å². The van der Waals surface area contributed by atoms with E-state index in [1.165, 1.54) is 0 Å². The van der Waals surface area contributed by atoms with Gasteiger partial charge in [-0.3, -0.25) is 0 Å². The first kappa shape index (κ1) is 15.4. The van der Waals surface area contributed by atoms with Crippen molar-refractivity contribution in [3.63, 3.8) is 0 Å². The van der Waals surface area contributed by atoms with E-state index in [-0.39, 0.29) is 6.10 Å². The van der Waals surface area contributed by atoms with Crippen LogP contribution in [0.3, 0.4) is 0 Å². The Bertz CT molecular complexity index is 361. The average Bonchev–Trinajstić information content (AvgIpc) is 2.36. The summed E-state index contributed by atoms with van der Waals surface area (Å²) < 4.78 is 12.1. The second-order valence-electron chi connectivity index (χ2n) is 3.99. The summed E-state index contributed by atoms with van der Waals surface area (Å²) in [6.07, 6.45) is 1.75. The van der Waals surface area contributed by atoms with Gasteiger partial charge < -0.3 is 14.8 Å². The summed E-state index contributed by atoms with van der Waals surface area (Å²) >= 11 is 3.43. The maximum Gasteiger partial charge on any atom is 0.218 e. The normalized spacial score (nSPS) is 12.4. The Morgan fingerprint density at radius 2 is 2.22 bits per heavy atom. The molecule has 0 fully saturated rings. The first-order valence-corrected chi connectivity index (χ1v) is 7.06. The van der Waals surface area contributed by atoms with Gasteiger partial charge in [-0.1, -0.05) is 6.92 Å². The Balaban J connectivity index is 2.67. The van der Waals surface area contributed by atoms with E-state index in [1.807, 2.05) is 19.9 Å². The van der Waals surface area contributed by atoms with Gasteiger partial charge in [-0.25, -0.2) is 4.98 Å². The number of hydrogen-bond donors (Lipinski definition) is 1. The molecule has 5 heteroatoms. The number of nitrogens with one attached hydrogen (secondary N) is 1. The topological polar surface area (TPSA) is 43.4 Å². The molecule has 4 nitrogen and oxygen atoms in total. The predicted molar refractivity (Wildman–Crippen MR) is 75.9 cm³/mol. The minimum atomic E-state index is -0.000924. The summed E-state index contributed by atoms with van der Waals surface area (Å²) in [6.45, 7) is 8.97. The maximum absolute atomic E-state index is 5.80. The Hall–Kier alpha value is -0.650. The van der Waals surface area contributed by atoms with Gasteiger partial charge in [0, 0.05) is 29.4 Å². The van der Waals surface area contributed by atoms with E-state index in [4.69, 9.17) is 9.47 Å². The summed E-state index contributed by atoms with van der Waals surface area (Å²) in [5.74, 6) is 0.673. The fourth-order valence-electron chi connectivity index (χ4n) is 1.47. The smallest absolute Gasteiger partial charge is 0.218 e. The SMILES string of the molecule is CCNCc1cc(Br)cnc1OC(C)COCC. The molecule has 0 aliphatic heterocycles. The van der Waals surface area contributed by atoms with Crippen LogP contribution in [0.2, 0.25) is 0 Å². The van der Waals surface area contributed by atoms with Crippen molar-refractivity contribution in [3.05, 3.63) is 22.3 Å². The minimum absolute atomic E-state index is 0.000924. The van der Waals surface area contributed by atoms with Gasteiger partial charge in [-0.15, -0.1) is 0 Å².